The number of hydrogen-bond donors (Lipinski definition) is 1. The number of nitrogens with one attached hydrogen (secondary N) is 1. The van der Waals surface area contributed by atoms with Crippen molar-refractivity contribution >= 4 is 16.9 Å². The molecule has 0 spiro atoms. The summed E-state index contributed by atoms with van der Waals surface area (Å²) in [6.45, 7) is 1.84. The smallest absolute Gasteiger partial charge is 0.223 e. The minimum atomic E-state index is 0.0819. The van der Waals surface area contributed by atoms with Crippen LogP contribution in [-0.4, -0.2) is 28.7 Å². The van der Waals surface area contributed by atoms with E-state index >= 15 is 0 Å². The van der Waals surface area contributed by atoms with E-state index in [-0.39, 0.29) is 11.8 Å². The van der Waals surface area contributed by atoms with Crippen molar-refractivity contribution < 1.29 is 9.53 Å². The van der Waals surface area contributed by atoms with Crippen molar-refractivity contribution in [1.29, 1.82) is 0 Å². The van der Waals surface area contributed by atoms with E-state index in [0.717, 1.165) is 29.7 Å². The van der Waals surface area contributed by atoms with Crippen molar-refractivity contribution in [1.82, 2.24) is 14.9 Å². The van der Waals surface area contributed by atoms with Crippen LogP contribution >= 0.6 is 0 Å². The van der Waals surface area contributed by atoms with Gasteiger partial charge >= 0.3 is 0 Å². The Hall–Kier alpha value is -1.88. The largest absolute Gasteiger partial charge is 0.381 e. The predicted molar refractivity (Wildman–Crippen MR) is 76.1 cm³/mol. The first kappa shape index (κ1) is 13.1. The lowest BCUT2D eigenvalue weighted by Gasteiger charge is -2.21. The highest BCUT2D eigenvalue weighted by atomic mass is 16.5. The second-order valence-electron chi connectivity index (χ2n) is 5.18. The van der Waals surface area contributed by atoms with Crippen molar-refractivity contribution in [3.05, 3.63) is 30.1 Å². The van der Waals surface area contributed by atoms with Gasteiger partial charge in [0, 0.05) is 26.2 Å². The number of amides is 1. The highest BCUT2D eigenvalue weighted by molar-refractivity contribution is 5.79. The van der Waals surface area contributed by atoms with Gasteiger partial charge in [-0.05, 0) is 25.0 Å². The first-order valence-electron chi connectivity index (χ1n) is 7.01. The number of fused-ring (bicyclic) bond motifs is 1. The van der Waals surface area contributed by atoms with Gasteiger partial charge in [0.05, 0.1) is 17.6 Å². The van der Waals surface area contributed by atoms with Crippen LogP contribution in [0, 0.1) is 5.92 Å². The number of hydrogen-bond acceptors (Lipinski definition) is 3. The molecule has 20 heavy (non-hydrogen) atoms. The summed E-state index contributed by atoms with van der Waals surface area (Å²) in [6.07, 6.45) is 1.63. The molecule has 0 aliphatic carbocycles. The highest BCUT2D eigenvalue weighted by Gasteiger charge is 2.21. The van der Waals surface area contributed by atoms with Crippen molar-refractivity contribution in [3.63, 3.8) is 0 Å². The van der Waals surface area contributed by atoms with Crippen LogP contribution in [0.1, 0.15) is 18.7 Å². The maximum Gasteiger partial charge on any atom is 0.223 e. The maximum atomic E-state index is 12.1. The van der Waals surface area contributed by atoms with Crippen LogP contribution < -0.4 is 5.32 Å². The first-order chi connectivity index (χ1) is 9.75. The van der Waals surface area contributed by atoms with E-state index in [1.807, 2.05) is 35.9 Å². The Morgan fingerprint density at radius 1 is 1.40 bits per heavy atom. The van der Waals surface area contributed by atoms with Gasteiger partial charge in [0.15, 0.2) is 0 Å². The van der Waals surface area contributed by atoms with Gasteiger partial charge in [-0.1, -0.05) is 12.1 Å². The van der Waals surface area contributed by atoms with Crippen molar-refractivity contribution in [2.75, 3.05) is 13.2 Å². The number of ether oxygens (including phenoxy) is 1. The number of para-hydroxylation sites is 2. The Balaban J connectivity index is 1.67. The normalized spacial score (nSPS) is 16.4. The van der Waals surface area contributed by atoms with Gasteiger partial charge in [-0.15, -0.1) is 0 Å². The van der Waals surface area contributed by atoms with E-state index in [2.05, 4.69) is 10.3 Å². The molecule has 0 atom stereocenters. The molecular formula is C15H19N3O2. The third-order valence-corrected chi connectivity index (χ3v) is 3.89. The Morgan fingerprint density at radius 2 is 2.15 bits per heavy atom. The predicted octanol–water partition coefficient (Wildman–Crippen LogP) is 1.62. The average Bonchev–Trinajstić information content (AvgIpc) is 2.83. The Kier molecular flexibility index (Phi) is 3.69. The van der Waals surface area contributed by atoms with Crippen LogP contribution in [0.15, 0.2) is 24.3 Å². The molecule has 1 aliphatic rings. The molecule has 2 aromatic rings. The fourth-order valence-electron chi connectivity index (χ4n) is 2.62. The molecule has 0 radical (unpaired) electrons. The summed E-state index contributed by atoms with van der Waals surface area (Å²) in [5.41, 5.74) is 2.05. The second kappa shape index (κ2) is 5.63. The molecule has 5 heteroatoms. The molecule has 1 amide bonds. The standard InChI is InChI=1S/C15H19N3O2/c1-18-13-5-3-2-4-12(13)17-14(18)10-16-15(19)11-6-8-20-9-7-11/h2-5,11H,6-10H2,1H3,(H,16,19). The number of carbonyl (C=O) groups is 1. The van der Waals surface area contributed by atoms with E-state index in [1.54, 1.807) is 0 Å². The zero-order valence-corrected chi connectivity index (χ0v) is 11.6. The molecule has 2 heterocycles. The SMILES string of the molecule is Cn1c(CNC(=O)C2CCOCC2)nc2ccccc21. The fourth-order valence-corrected chi connectivity index (χ4v) is 2.62. The first-order valence-corrected chi connectivity index (χ1v) is 7.01. The number of rotatable bonds is 3. The summed E-state index contributed by atoms with van der Waals surface area (Å²) in [5.74, 6) is 1.07. The van der Waals surface area contributed by atoms with Crippen LogP contribution in [-0.2, 0) is 23.1 Å². The van der Waals surface area contributed by atoms with E-state index in [4.69, 9.17) is 4.74 Å². The molecule has 1 N–H and O–H groups in total. The van der Waals surface area contributed by atoms with Gasteiger partial charge in [0.1, 0.15) is 5.82 Å². The van der Waals surface area contributed by atoms with Crippen LogP contribution in [0.2, 0.25) is 0 Å². The lowest BCUT2D eigenvalue weighted by atomic mass is 9.99. The molecule has 0 bridgehead atoms. The maximum absolute atomic E-state index is 12.1. The Morgan fingerprint density at radius 3 is 2.90 bits per heavy atom. The van der Waals surface area contributed by atoms with Crippen LogP contribution in [0.25, 0.3) is 11.0 Å². The van der Waals surface area contributed by atoms with Crippen molar-refractivity contribution in [2.45, 2.75) is 19.4 Å². The van der Waals surface area contributed by atoms with Crippen LogP contribution in [0.3, 0.4) is 0 Å². The summed E-state index contributed by atoms with van der Waals surface area (Å²) in [7, 11) is 1.98. The molecule has 1 aliphatic heterocycles. The van der Waals surface area contributed by atoms with Crippen molar-refractivity contribution in [3.8, 4) is 0 Å². The van der Waals surface area contributed by atoms with Gasteiger partial charge in [-0.3, -0.25) is 4.79 Å². The highest BCUT2D eigenvalue weighted by Crippen LogP contribution is 2.16. The topological polar surface area (TPSA) is 56.2 Å². The van der Waals surface area contributed by atoms with Crippen LogP contribution in [0.4, 0.5) is 0 Å². The zero-order chi connectivity index (χ0) is 13.9. The Labute approximate surface area is 117 Å². The lowest BCUT2D eigenvalue weighted by Crippen LogP contribution is -2.34. The molecule has 106 valence electrons. The molecule has 1 aromatic carbocycles. The van der Waals surface area contributed by atoms with E-state index < -0.39 is 0 Å². The lowest BCUT2D eigenvalue weighted by molar-refractivity contribution is -0.128. The number of nitrogens with zero attached hydrogens (tertiary/aromatic N) is 2. The average molecular weight is 273 g/mol. The minimum absolute atomic E-state index is 0.0819. The second-order valence-corrected chi connectivity index (χ2v) is 5.18. The van der Waals surface area contributed by atoms with E-state index in [9.17, 15) is 4.79 Å². The quantitative estimate of drug-likeness (QED) is 0.924. The van der Waals surface area contributed by atoms with Gasteiger partial charge < -0.3 is 14.6 Å². The summed E-state index contributed by atoms with van der Waals surface area (Å²) < 4.78 is 7.30. The number of carbonyl (C=O) groups excluding carboxylic acids is 1. The van der Waals surface area contributed by atoms with Gasteiger partial charge in [0.25, 0.3) is 0 Å². The molecule has 0 saturated carbocycles. The van der Waals surface area contributed by atoms with E-state index in [0.29, 0.717) is 19.8 Å². The van der Waals surface area contributed by atoms with Gasteiger partial charge in [-0.25, -0.2) is 4.98 Å². The Bertz CT molecular complexity index is 615. The van der Waals surface area contributed by atoms with Gasteiger partial charge in [-0.2, -0.15) is 0 Å². The summed E-state index contributed by atoms with van der Waals surface area (Å²) in [5, 5.41) is 2.99. The molecule has 3 rings (SSSR count). The molecule has 1 saturated heterocycles. The number of benzene rings is 1. The fraction of sp³-hybridized carbons (Fsp3) is 0.467. The molecule has 1 aromatic heterocycles. The number of aromatic nitrogens is 2. The van der Waals surface area contributed by atoms with Crippen molar-refractivity contribution in [2.24, 2.45) is 13.0 Å². The summed E-state index contributed by atoms with van der Waals surface area (Å²) in [4.78, 5) is 16.6. The van der Waals surface area contributed by atoms with E-state index in [1.165, 1.54) is 0 Å². The monoisotopic (exact) mass is 273 g/mol. The van der Waals surface area contributed by atoms with Gasteiger partial charge in [0.2, 0.25) is 5.91 Å². The number of imidazole rings is 1. The third-order valence-electron chi connectivity index (χ3n) is 3.89. The summed E-state index contributed by atoms with van der Waals surface area (Å²) in [6, 6.07) is 7.99. The molecule has 5 nitrogen and oxygen atoms in total. The minimum Gasteiger partial charge on any atom is -0.381 e. The molecule has 0 unspecified atom stereocenters. The number of aryl methyl sites for hydroxylation is 1. The molecular weight excluding hydrogens is 254 g/mol. The zero-order valence-electron chi connectivity index (χ0n) is 11.6. The van der Waals surface area contributed by atoms with Crippen LogP contribution in [0.5, 0.6) is 0 Å². The molecule has 1 fully saturated rings. The summed E-state index contributed by atoms with van der Waals surface area (Å²) >= 11 is 0. The third kappa shape index (κ3) is 2.54.